The number of nitrogens with zero attached hydrogens (tertiary/aromatic N) is 2. The smallest absolute Gasteiger partial charge is 0.203 e. The number of anilines is 1. The van der Waals surface area contributed by atoms with Gasteiger partial charge in [-0.05, 0) is 68.1 Å². The fourth-order valence-corrected chi connectivity index (χ4v) is 3.71. The first kappa shape index (κ1) is 19.1. The summed E-state index contributed by atoms with van der Waals surface area (Å²) in [6.07, 6.45) is 2.79. The lowest BCUT2D eigenvalue weighted by Gasteiger charge is -2.08. The van der Waals surface area contributed by atoms with Gasteiger partial charge in [-0.2, -0.15) is 5.10 Å². The second kappa shape index (κ2) is 8.82. The molecule has 1 N–H and O–H groups in total. The second-order valence-corrected chi connectivity index (χ2v) is 7.46. The number of hydrogen-bond acceptors (Lipinski definition) is 5. The molecular weight excluding hydrogens is 354 g/mol. The summed E-state index contributed by atoms with van der Waals surface area (Å²) in [5.74, 6) is 0.885. The highest BCUT2D eigenvalue weighted by molar-refractivity contribution is 7.14. The van der Waals surface area contributed by atoms with Crippen LogP contribution in [0.1, 0.15) is 35.6 Å². The number of hydrogen-bond donors (Lipinski definition) is 1. The van der Waals surface area contributed by atoms with Gasteiger partial charge in [0.15, 0.2) is 0 Å². The molecule has 0 aliphatic carbocycles. The minimum Gasteiger partial charge on any atom is -0.494 e. The van der Waals surface area contributed by atoms with Crippen molar-refractivity contribution in [1.29, 1.82) is 0 Å². The molecule has 1 aromatic heterocycles. The van der Waals surface area contributed by atoms with Gasteiger partial charge in [-0.25, -0.2) is 4.98 Å². The third-order valence-corrected chi connectivity index (χ3v) is 4.91. The molecule has 5 heteroatoms. The summed E-state index contributed by atoms with van der Waals surface area (Å²) in [6.45, 7) is 9.22. The van der Waals surface area contributed by atoms with E-state index in [1.807, 2.05) is 24.3 Å². The quantitative estimate of drug-likeness (QED) is 0.406. The maximum Gasteiger partial charge on any atom is 0.203 e. The summed E-state index contributed by atoms with van der Waals surface area (Å²) in [4.78, 5) is 4.68. The van der Waals surface area contributed by atoms with Crippen molar-refractivity contribution < 1.29 is 4.74 Å². The van der Waals surface area contributed by atoms with E-state index < -0.39 is 0 Å². The fourth-order valence-electron chi connectivity index (χ4n) is 3.06. The van der Waals surface area contributed by atoms with E-state index in [0.29, 0.717) is 0 Å². The van der Waals surface area contributed by atoms with Crippen LogP contribution in [0.5, 0.6) is 5.75 Å². The van der Waals surface area contributed by atoms with E-state index in [1.165, 1.54) is 22.3 Å². The average molecular weight is 380 g/mol. The first-order valence-electron chi connectivity index (χ1n) is 9.12. The Bertz CT molecular complexity index is 906. The maximum atomic E-state index is 5.59. The average Bonchev–Trinajstić information content (AvgIpc) is 3.08. The van der Waals surface area contributed by atoms with Gasteiger partial charge in [0, 0.05) is 10.9 Å². The Kier molecular flexibility index (Phi) is 6.24. The summed E-state index contributed by atoms with van der Waals surface area (Å²) in [5, 5.41) is 7.15. The molecule has 1 heterocycles. The zero-order valence-corrected chi connectivity index (χ0v) is 17.1. The molecule has 0 saturated heterocycles. The minimum absolute atomic E-state index is 0.737. The molecule has 3 rings (SSSR count). The molecule has 0 aliphatic heterocycles. The molecule has 0 aliphatic rings. The van der Waals surface area contributed by atoms with Crippen LogP contribution in [0.2, 0.25) is 0 Å². The minimum atomic E-state index is 0.737. The number of aromatic nitrogens is 1. The van der Waals surface area contributed by atoms with Crippen molar-refractivity contribution in [2.75, 3.05) is 12.0 Å². The lowest BCUT2D eigenvalue weighted by Crippen LogP contribution is -1.95. The van der Waals surface area contributed by atoms with E-state index in [-0.39, 0.29) is 0 Å². The predicted molar refractivity (Wildman–Crippen MR) is 115 cm³/mol. The SMILES string of the molecule is CCCOc1ccc(/C=N\Nc2nc(-c3c(C)cc(C)cc3C)cs2)cc1. The molecule has 0 radical (unpaired) electrons. The molecule has 27 heavy (non-hydrogen) atoms. The lowest BCUT2D eigenvalue weighted by atomic mass is 9.98. The Morgan fingerprint density at radius 2 is 1.81 bits per heavy atom. The molecule has 0 bridgehead atoms. The Morgan fingerprint density at radius 1 is 1.11 bits per heavy atom. The molecule has 2 aromatic carbocycles. The number of rotatable bonds is 7. The van der Waals surface area contributed by atoms with E-state index >= 15 is 0 Å². The first-order chi connectivity index (χ1) is 13.1. The van der Waals surface area contributed by atoms with Gasteiger partial charge in [0.2, 0.25) is 5.13 Å². The Hall–Kier alpha value is -2.66. The highest BCUT2D eigenvalue weighted by Gasteiger charge is 2.10. The van der Waals surface area contributed by atoms with Gasteiger partial charge in [0.05, 0.1) is 18.5 Å². The monoisotopic (exact) mass is 379 g/mol. The molecule has 0 amide bonds. The third kappa shape index (κ3) is 4.95. The van der Waals surface area contributed by atoms with Crippen LogP contribution < -0.4 is 10.2 Å². The van der Waals surface area contributed by atoms with E-state index in [1.54, 1.807) is 17.6 Å². The van der Waals surface area contributed by atoms with Gasteiger partial charge in [0.25, 0.3) is 0 Å². The van der Waals surface area contributed by atoms with E-state index in [2.05, 4.69) is 60.7 Å². The standard InChI is InChI=1S/C22H25N3OS/c1-5-10-26-19-8-6-18(7-9-19)13-23-25-22-24-20(14-27-22)21-16(3)11-15(2)12-17(21)4/h6-9,11-14H,5,10H2,1-4H3,(H,24,25)/b23-13-. The predicted octanol–water partition coefficient (Wildman–Crippen LogP) is 5.97. The van der Waals surface area contributed by atoms with Crippen LogP contribution in [0.15, 0.2) is 46.9 Å². The molecular formula is C22H25N3OS. The van der Waals surface area contributed by atoms with Crippen molar-refractivity contribution in [1.82, 2.24) is 4.98 Å². The zero-order valence-electron chi connectivity index (χ0n) is 16.2. The Morgan fingerprint density at radius 3 is 2.48 bits per heavy atom. The van der Waals surface area contributed by atoms with Crippen LogP contribution in [0, 0.1) is 20.8 Å². The molecule has 0 saturated carbocycles. The number of nitrogens with one attached hydrogen (secondary N) is 1. The van der Waals surface area contributed by atoms with Gasteiger partial charge in [-0.1, -0.05) is 24.6 Å². The summed E-state index contributed by atoms with van der Waals surface area (Å²) >= 11 is 1.56. The summed E-state index contributed by atoms with van der Waals surface area (Å²) in [5.41, 5.74) is 10.0. The van der Waals surface area contributed by atoms with Crippen molar-refractivity contribution in [2.45, 2.75) is 34.1 Å². The van der Waals surface area contributed by atoms with Gasteiger partial charge in [0.1, 0.15) is 5.75 Å². The number of ether oxygens (including phenoxy) is 1. The molecule has 0 unspecified atom stereocenters. The molecule has 0 atom stereocenters. The highest BCUT2D eigenvalue weighted by atomic mass is 32.1. The molecule has 4 nitrogen and oxygen atoms in total. The lowest BCUT2D eigenvalue weighted by molar-refractivity contribution is 0.317. The number of thiazole rings is 1. The molecule has 140 valence electrons. The summed E-state index contributed by atoms with van der Waals surface area (Å²) in [6, 6.07) is 12.3. The zero-order chi connectivity index (χ0) is 19.2. The van der Waals surface area contributed by atoms with Crippen LogP contribution in [0.25, 0.3) is 11.3 Å². The normalized spacial score (nSPS) is 11.1. The summed E-state index contributed by atoms with van der Waals surface area (Å²) < 4.78 is 5.59. The van der Waals surface area contributed by atoms with Crippen molar-refractivity contribution in [2.24, 2.45) is 5.10 Å². The van der Waals surface area contributed by atoms with Crippen LogP contribution in [-0.4, -0.2) is 17.8 Å². The van der Waals surface area contributed by atoms with Crippen LogP contribution in [0.3, 0.4) is 0 Å². The second-order valence-electron chi connectivity index (χ2n) is 6.60. The Labute approximate surface area is 164 Å². The van der Waals surface area contributed by atoms with E-state index in [0.717, 1.165) is 35.2 Å². The number of aryl methyl sites for hydroxylation is 3. The third-order valence-electron chi connectivity index (χ3n) is 4.16. The van der Waals surface area contributed by atoms with E-state index in [4.69, 9.17) is 4.74 Å². The van der Waals surface area contributed by atoms with Gasteiger partial charge in [-0.15, -0.1) is 11.3 Å². The van der Waals surface area contributed by atoms with Crippen molar-refractivity contribution in [3.05, 3.63) is 64.0 Å². The summed E-state index contributed by atoms with van der Waals surface area (Å²) in [7, 11) is 0. The molecule has 0 spiro atoms. The van der Waals surface area contributed by atoms with Crippen molar-refractivity contribution in [3.63, 3.8) is 0 Å². The van der Waals surface area contributed by atoms with Crippen molar-refractivity contribution in [3.8, 4) is 17.0 Å². The van der Waals surface area contributed by atoms with E-state index in [9.17, 15) is 0 Å². The molecule has 3 aromatic rings. The fraction of sp³-hybridized carbons (Fsp3) is 0.273. The van der Waals surface area contributed by atoms with Crippen LogP contribution in [0.4, 0.5) is 5.13 Å². The van der Waals surface area contributed by atoms with Gasteiger partial charge >= 0.3 is 0 Å². The number of hydrazone groups is 1. The number of benzene rings is 2. The van der Waals surface area contributed by atoms with Crippen molar-refractivity contribution >= 4 is 22.7 Å². The van der Waals surface area contributed by atoms with Crippen LogP contribution in [-0.2, 0) is 0 Å². The topological polar surface area (TPSA) is 46.5 Å². The van der Waals surface area contributed by atoms with Gasteiger partial charge < -0.3 is 4.74 Å². The molecule has 0 fully saturated rings. The largest absolute Gasteiger partial charge is 0.494 e. The first-order valence-corrected chi connectivity index (χ1v) is 10.0. The Balaban J connectivity index is 1.65. The van der Waals surface area contributed by atoms with Crippen LogP contribution >= 0.6 is 11.3 Å². The maximum absolute atomic E-state index is 5.59. The highest BCUT2D eigenvalue weighted by Crippen LogP contribution is 2.31. The van der Waals surface area contributed by atoms with Gasteiger partial charge in [-0.3, -0.25) is 5.43 Å².